The number of benzene rings is 3. The molecule has 0 aliphatic rings. The van der Waals surface area contributed by atoms with E-state index in [-0.39, 0.29) is 11.7 Å². The van der Waals surface area contributed by atoms with E-state index in [4.69, 9.17) is 9.15 Å². The molecule has 0 bridgehead atoms. The molecule has 4 aromatic rings. The highest BCUT2D eigenvalue weighted by molar-refractivity contribution is 6.02. The molecule has 0 fully saturated rings. The van der Waals surface area contributed by atoms with Gasteiger partial charge in [0.2, 0.25) is 0 Å². The molecule has 1 amide bonds. The molecule has 5 nitrogen and oxygen atoms in total. The minimum absolute atomic E-state index is 0.217. The predicted molar refractivity (Wildman–Crippen MR) is 141 cm³/mol. The molecular weight excluding hydrogens is 493 g/mol. The second-order valence-corrected chi connectivity index (χ2v) is 8.91. The minimum Gasteiger partial charge on any atom is -0.497 e. The summed E-state index contributed by atoms with van der Waals surface area (Å²) in [6.07, 6.45) is -3.99. The van der Waals surface area contributed by atoms with Gasteiger partial charge in [-0.1, -0.05) is 61.0 Å². The standard InChI is InChI=1S/C30H29F3N2O3/c1-4-25-26(28(36)34-17-20-7-5-19(2)6-8-20)27(22-11-13-23(14-12-22)30(31,32)33)38-29(25)35-18-21-9-15-24(37-3)16-10-21/h5-16,35H,4,17-18H2,1-3H3,(H,34,36). The van der Waals surface area contributed by atoms with Gasteiger partial charge >= 0.3 is 6.18 Å². The molecule has 0 aliphatic carbocycles. The van der Waals surface area contributed by atoms with Gasteiger partial charge in [0.15, 0.2) is 5.88 Å². The van der Waals surface area contributed by atoms with Gasteiger partial charge in [-0.25, -0.2) is 0 Å². The molecule has 0 atom stereocenters. The Hall–Kier alpha value is -4.20. The van der Waals surface area contributed by atoms with Gasteiger partial charge in [-0.2, -0.15) is 13.2 Å². The van der Waals surface area contributed by atoms with Crippen LogP contribution in [0, 0.1) is 6.92 Å². The van der Waals surface area contributed by atoms with Crippen molar-refractivity contribution in [3.05, 3.63) is 106 Å². The number of ether oxygens (including phenoxy) is 1. The third kappa shape index (κ3) is 6.19. The van der Waals surface area contributed by atoms with E-state index in [1.165, 1.54) is 12.1 Å². The Bertz CT molecular complexity index is 1370. The summed E-state index contributed by atoms with van der Waals surface area (Å²) in [5.74, 6) is 0.990. The predicted octanol–water partition coefficient (Wildman–Crippen LogP) is 7.39. The first-order valence-electron chi connectivity index (χ1n) is 12.2. The number of nitrogens with one attached hydrogen (secondary N) is 2. The number of aryl methyl sites for hydroxylation is 1. The fourth-order valence-corrected chi connectivity index (χ4v) is 4.10. The average Bonchev–Trinajstić information content (AvgIpc) is 3.30. The number of halogens is 3. The van der Waals surface area contributed by atoms with E-state index in [0.717, 1.165) is 34.6 Å². The molecule has 0 saturated carbocycles. The zero-order chi connectivity index (χ0) is 27.3. The van der Waals surface area contributed by atoms with E-state index in [2.05, 4.69) is 10.6 Å². The molecule has 2 N–H and O–H groups in total. The molecule has 4 rings (SSSR count). The van der Waals surface area contributed by atoms with Crippen molar-refractivity contribution in [3.8, 4) is 17.1 Å². The van der Waals surface area contributed by atoms with Crippen molar-refractivity contribution in [2.75, 3.05) is 12.4 Å². The van der Waals surface area contributed by atoms with Crippen LogP contribution in [0.1, 0.15) is 45.1 Å². The molecule has 0 radical (unpaired) electrons. The van der Waals surface area contributed by atoms with Gasteiger partial charge < -0.3 is 19.8 Å². The summed E-state index contributed by atoms with van der Waals surface area (Å²) in [5, 5.41) is 6.19. The topological polar surface area (TPSA) is 63.5 Å². The number of carbonyl (C=O) groups is 1. The molecular formula is C30H29F3N2O3. The highest BCUT2D eigenvalue weighted by atomic mass is 19.4. The number of anilines is 1. The van der Waals surface area contributed by atoms with Crippen molar-refractivity contribution in [1.82, 2.24) is 5.32 Å². The first kappa shape index (κ1) is 26.9. The Morgan fingerprint density at radius 3 is 2.08 bits per heavy atom. The second kappa shape index (κ2) is 11.5. The Morgan fingerprint density at radius 1 is 0.895 bits per heavy atom. The van der Waals surface area contributed by atoms with Gasteiger partial charge in [-0.05, 0) is 48.7 Å². The number of methoxy groups -OCH3 is 1. The zero-order valence-corrected chi connectivity index (χ0v) is 21.4. The van der Waals surface area contributed by atoms with Gasteiger partial charge in [-0.15, -0.1) is 0 Å². The third-order valence-corrected chi connectivity index (χ3v) is 6.25. The quantitative estimate of drug-likeness (QED) is 0.241. The van der Waals surface area contributed by atoms with Crippen LogP contribution in [0.4, 0.5) is 19.1 Å². The van der Waals surface area contributed by atoms with E-state index in [1.807, 2.05) is 62.4 Å². The van der Waals surface area contributed by atoms with Gasteiger partial charge in [-0.3, -0.25) is 4.79 Å². The van der Waals surface area contributed by atoms with E-state index in [0.29, 0.717) is 42.1 Å². The maximum Gasteiger partial charge on any atom is 0.416 e. The lowest BCUT2D eigenvalue weighted by Crippen LogP contribution is -2.24. The van der Waals surface area contributed by atoms with Crippen LogP contribution in [0.5, 0.6) is 5.75 Å². The Labute approximate surface area is 219 Å². The molecule has 198 valence electrons. The van der Waals surface area contributed by atoms with Crippen molar-refractivity contribution < 1.29 is 27.1 Å². The number of carbonyl (C=O) groups excluding carboxylic acids is 1. The summed E-state index contributed by atoms with van der Waals surface area (Å²) in [4.78, 5) is 13.5. The SMILES string of the molecule is CCc1c(NCc2ccc(OC)cc2)oc(-c2ccc(C(F)(F)F)cc2)c1C(=O)NCc1ccc(C)cc1. The minimum atomic E-state index is -4.46. The Kier molecular flexibility index (Phi) is 8.10. The van der Waals surface area contributed by atoms with Gasteiger partial charge in [0.05, 0.1) is 18.2 Å². The van der Waals surface area contributed by atoms with Crippen molar-refractivity contribution in [1.29, 1.82) is 0 Å². The summed E-state index contributed by atoms with van der Waals surface area (Å²) in [5.41, 5.74) is 3.56. The van der Waals surface area contributed by atoms with Crippen LogP contribution >= 0.6 is 0 Å². The number of rotatable bonds is 9. The molecule has 0 saturated heterocycles. The maximum absolute atomic E-state index is 13.5. The first-order valence-corrected chi connectivity index (χ1v) is 12.2. The highest BCUT2D eigenvalue weighted by Gasteiger charge is 2.31. The molecule has 0 spiro atoms. The number of hydrogen-bond donors (Lipinski definition) is 2. The number of hydrogen-bond acceptors (Lipinski definition) is 4. The molecule has 1 aromatic heterocycles. The summed E-state index contributed by atoms with van der Waals surface area (Å²) in [6, 6.07) is 19.9. The first-order chi connectivity index (χ1) is 18.2. The lowest BCUT2D eigenvalue weighted by atomic mass is 10.0. The molecule has 0 unspecified atom stereocenters. The normalized spacial score (nSPS) is 11.3. The molecule has 38 heavy (non-hydrogen) atoms. The monoisotopic (exact) mass is 522 g/mol. The summed E-state index contributed by atoms with van der Waals surface area (Å²) in [6.45, 7) is 4.60. The lowest BCUT2D eigenvalue weighted by molar-refractivity contribution is -0.137. The summed E-state index contributed by atoms with van der Waals surface area (Å²) in [7, 11) is 1.60. The molecule has 1 heterocycles. The smallest absolute Gasteiger partial charge is 0.416 e. The van der Waals surface area contributed by atoms with Crippen LogP contribution < -0.4 is 15.4 Å². The summed E-state index contributed by atoms with van der Waals surface area (Å²) >= 11 is 0. The van der Waals surface area contributed by atoms with Crippen molar-refractivity contribution >= 4 is 11.8 Å². The van der Waals surface area contributed by atoms with Crippen LogP contribution in [0.15, 0.2) is 77.2 Å². The number of furan rings is 1. The average molecular weight is 523 g/mol. The van der Waals surface area contributed by atoms with Crippen molar-refractivity contribution in [3.63, 3.8) is 0 Å². The number of alkyl halides is 3. The van der Waals surface area contributed by atoms with Crippen LogP contribution in [-0.4, -0.2) is 13.0 Å². The van der Waals surface area contributed by atoms with Crippen LogP contribution in [0.3, 0.4) is 0 Å². The molecule has 8 heteroatoms. The molecule has 3 aromatic carbocycles. The van der Waals surface area contributed by atoms with Crippen molar-refractivity contribution in [2.24, 2.45) is 0 Å². The fraction of sp³-hybridized carbons (Fsp3) is 0.233. The third-order valence-electron chi connectivity index (χ3n) is 6.25. The van der Waals surface area contributed by atoms with Crippen LogP contribution in [-0.2, 0) is 25.7 Å². The maximum atomic E-state index is 13.5. The van der Waals surface area contributed by atoms with E-state index >= 15 is 0 Å². The van der Waals surface area contributed by atoms with E-state index < -0.39 is 11.7 Å². The Balaban J connectivity index is 1.66. The highest BCUT2D eigenvalue weighted by Crippen LogP contribution is 2.37. The second-order valence-electron chi connectivity index (χ2n) is 8.91. The summed E-state index contributed by atoms with van der Waals surface area (Å²) < 4.78 is 50.8. The van der Waals surface area contributed by atoms with E-state index in [1.54, 1.807) is 7.11 Å². The van der Waals surface area contributed by atoms with Gasteiger partial charge in [0.25, 0.3) is 5.91 Å². The number of amides is 1. The van der Waals surface area contributed by atoms with Crippen LogP contribution in [0.2, 0.25) is 0 Å². The largest absolute Gasteiger partial charge is 0.497 e. The zero-order valence-electron chi connectivity index (χ0n) is 21.4. The fourth-order valence-electron chi connectivity index (χ4n) is 4.10. The van der Waals surface area contributed by atoms with Crippen LogP contribution in [0.25, 0.3) is 11.3 Å². The lowest BCUT2D eigenvalue weighted by Gasteiger charge is -2.09. The van der Waals surface area contributed by atoms with Gasteiger partial charge in [0.1, 0.15) is 11.5 Å². The Morgan fingerprint density at radius 2 is 1.50 bits per heavy atom. The van der Waals surface area contributed by atoms with Crippen molar-refractivity contribution in [2.45, 2.75) is 39.5 Å². The van der Waals surface area contributed by atoms with E-state index in [9.17, 15) is 18.0 Å². The van der Waals surface area contributed by atoms with Gasteiger partial charge in [0, 0.05) is 24.2 Å². The molecule has 0 aliphatic heterocycles.